The highest BCUT2D eigenvalue weighted by Crippen LogP contribution is 2.24. The topological polar surface area (TPSA) is 99.2 Å². The Labute approximate surface area is 173 Å². The van der Waals surface area contributed by atoms with Gasteiger partial charge in [-0.1, -0.05) is 12.1 Å². The van der Waals surface area contributed by atoms with Crippen LogP contribution in [0.15, 0.2) is 53.3 Å². The van der Waals surface area contributed by atoms with Gasteiger partial charge in [0.2, 0.25) is 11.8 Å². The van der Waals surface area contributed by atoms with Crippen LogP contribution < -0.4 is 16.3 Å². The fraction of sp³-hybridized carbons (Fsp3) is 0.318. The van der Waals surface area contributed by atoms with Crippen LogP contribution in [-0.2, 0) is 9.59 Å². The largest absolute Gasteiger partial charge is 0.326 e. The number of likely N-dealkylation sites (tertiary alicyclic amines) is 1. The van der Waals surface area contributed by atoms with Crippen molar-refractivity contribution in [2.45, 2.75) is 25.8 Å². The van der Waals surface area contributed by atoms with Crippen LogP contribution in [0.5, 0.6) is 0 Å². The molecule has 0 bridgehead atoms. The van der Waals surface area contributed by atoms with E-state index in [0.29, 0.717) is 17.9 Å². The number of carbonyl (C=O) groups excluding carboxylic acids is 2. The standard InChI is InChI=1S/C22H25N5O3/c1-15(28)23-16-6-8-17(9-7-16)24-21(29)14-26-12-10-18(11-13-26)27-20-5-3-2-4-19(20)25-22(27)30/h2-9,18H,10-14H2,1H3,(H,23,28)(H,24,29)(H,25,30). The van der Waals surface area contributed by atoms with Crippen molar-refractivity contribution in [2.75, 3.05) is 30.3 Å². The maximum Gasteiger partial charge on any atom is 0.326 e. The molecule has 156 valence electrons. The summed E-state index contributed by atoms with van der Waals surface area (Å²) in [5.41, 5.74) is 3.09. The van der Waals surface area contributed by atoms with Crippen LogP contribution >= 0.6 is 0 Å². The van der Waals surface area contributed by atoms with E-state index in [0.717, 1.165) is 37.0 Å². The van der Waals surface area contributed by atoms with Gasteiger partial charge in [-0.25, -0.2) is 4.79 Å². The minimum atomic E-state index is -0.134. The third kappa shape index (κ3) is 4.44. The first-order chi connectivity index (χ1) is 14.5. The number of aromatic nitrogens is 2. The molecule has 1 aliphatic heterocycles. The van der Waals surface area contributed by atoms with E-state index in [-0.39, 0.29) is 23.5 Å². The first kappa shape index (κ1) is 19.9. The zero-order chi connectivity index (χ0) is 21.1. The number of benzene rings is 2. The second kappa shape index (κ2) is 8.54. The fourth-order valence-electron chi connectivity index (χ4n) is 4.02. The fourth-order valence-corrected chi connectivity index (χ4v) is 4.02. The molecule has 1 aromatic heterocycles. The molecule has 0 radical (unpaired) electrons. The highest BCUT2D eigenvalue weighted by molar-refractivity contribution is 5.93. The number of rotatable bonds is 5. The maximum atomic E-state index is 12.4. The summed E-state index contributed by atoms with van der Waals surface area (Å²) in [6.45, 7) is 3.27. The number of piperidine rings is 1. The maximum absolute atomic E-state index is 12.4. The number of imidazole rings is 1. The molecule has 0 atom stereocenters. The number of nitrogens with one attached hydrogen (secondary N) is 3. The second-order valence-electron chi connectivity index (χ2n) is 7.63. The second-order valence-corrected chi connectivity index (χ2v) is 7.63. The summed E-state index contributed by atoms with van der Waals surface area (Å²) in [6, 6.07) is 14.9. The van der Waals surface area contributed by atoms with Crippen molar-refractivity contribution in [1.29, 1.82) is 0 Å². The van der Waals surface area contributed by atoms with E-state index in [4.69, 9.17) is 0 Å². The van der Waals surface area contributed by atoms with Gasteiger partial charge in [-0.3, -0.25) is 19.1 Å². The van der Waals surface area contributed by atoms with Crippen molar-refractivity contribution < 1.29 is 9.59 Å². The van der Waals surface area contributed by atoms with Gasteiger partial charge < -0.3 is 15.6 Å². The summed E-state index contributed by atoms with van der Waals surface area (Å²) < 4.78 is 1.85. The molecule has 8 nitrogen and oxygen atoms in total. The number of nitrogens with zero attached hydrogens (tertiary/aromatic N) is 2. The lowest BCUT2D eigenvalue weighted by Gasteiger charge is -2.32. The van der Waals surface area contributed by atoms with Crippen LogP contribution in [0.25, 0.3) is 11.0 Å². The number of amides is 2. The summed E-state index contributed by atoms with van der Waals surface area (Å²) in [6.07, 6.45) is 1.64. The molecule has 2 amide bonds. The Morgan fingerprint density at radius 1 is 1.00 bits per heavy atom. The van der Waals surface area contributed by atoms with Gasteiger partial charge in [0.25, 0.3) is 0 Å². The summed E-state index contributed by atoms with van der Waals surface area (Å²) in [4.78, 5) is 40.9. The Morgan fingerprint density at radius 3 is 2.30 bits per heavy atom. The number of carbonyl (C=O) groups is 2. The van der Waals surface area contributed by atoms with Gasteiger partial charge in [-0.2, -0.15) is 0 Å². The molecule has 0 saturated carbocycles. The summed E-state index contributed by atoms with van der Waals surface area (Å²) in [5.74, 6) is -0.213. The lowest BCUT2D eigenvalue weighted by molar-refractivity contribution is -0.117. The molecule has 2 aromatic carbocycles. The number of hydrogen-bond acceptors (Lipinski definition) is 4. The molecule has 2 heterocycles. The number of hydrogen-bond donors (Lipinski definition) is 3. The predicted octanol–water partition coefficient (Wildman–Crippen LogP) is 2.56. The monoisotopic (exact) mass is 407 g/mol. The lowest BCUT2D eigenvalue weighted by atomic mass is 10.0. The van der Waals surface area contributed by atoms with E-state index in [9.17, 15) is 14.4 Å². The zero-order valence-corrected chi connectivity index (χ0v) is 16.9. The van der Waals surface area contributed by atoms with Gasteiger partial charge in [0.15, 0.2) is 0 Å². The Morgan fingerprint density at radius 2 is 1.63 bits per heavy atom. The molecule has 3 aromatic rings. The van der Waals surface area contributed by atoms with Crippen molar-refractivity contribution in [3.05, 3.63) is 59.0 Å². The number of aromatic amines is 1. The molecule has 1 fully saturated rings. The van der Waals surface area contributed by atoms with Gasteiger partial charge in [0.05, 0.1) is 17.6 Å². The molecule has 1 saturated heterocycles. The van der Waals surface area contributed by atoms with Gasteiger partial charge in [0, 0.05) is 37.4 Å². The van der Waals surface area contributed by atoms with Crippen LogP contribution in [0.1, 0.15) is 25.8 Å². The first-order valence-electron chi connectivity index (χ1n) is 10.1. The Bertz CT molecular complexity index is 1110. The van der Waals surface area contributed by atoms with E-state index < -0.39 is 0 Å². The van der Waals surface area contributed by atoms with E-state index in [1.54, 1.807) is 24.3 Å². The quantitative estimate of drug-likeness (QED) is 0.605. The highest BCUT2D eigenvalue weighted by atomic mass is 16.2. The predicted molar refractivity (Wildman–Crippen MR) is 117 cm³/mol. The van der Waals surface area contributed by atoms with Gasteiger partial charge in [-0.15, -0.1) is 0 Å². The Balaban J connectivity index is 1.31. The lowest BCUT2D eigenvalue weighted by Crippen LogP contribution is -2.40. The third-order valence-electron chi connectivity index (χ3n) is 5.40. The highest BCUT2D eigenvalue weighted by Gasteiger charge is 2.24. The van der Waals surface area contributed by atoms with Crippen molar-refractivity contribution >= 4 is 34.2 Å². The number of para-hydroxylation sites is 2. The van der Waals surface area contributed by atoms with Crippen molar-refractivity contribution in [3.8, 4) is 0 Å². The molecule has 3 N–H and O–H groups in total. The van der Waals surface area contributed by atoms with Crippen molar-refractivity contribution in [2.24, 2.45) is 0 Å². The smallest absolute Gasteiger partial charge is 0.326 e. The van der Waals surface area contributed by atoms with Crippen LogP contribution in [0.3, 0.4) is 0 Å². The molecule has 1 aliphatic rings. The summed E-state index contributed by atoms with van der Waals surface area (Å²) in [5, 5.41) is 5.58. The molecule has 0 spiro atoms. The van der Waals surface area contributed by atoms with Gasteiger partial charge in [-0.05, 0) is 49.2 Å². The molecular formula is C22H25N5O3. The summed E-state index contributed by atoms with van der Waals surface area (Å²) >= 11 is 0. The SMILES string of the molecule is CC(=O)Nc1ccc(NC(=O)CN2CCC(n3c(=O)[nH]c4ccccc43)CC2)cc1. The molecule has 30 heavy (non-hydrogen) atoms. The minimum Gasteiger partial charge on any atom is -0.326 e. The zero-order valence-electron chi connectivity index (χ0n) is 16.9. The van der Waals surface area contributed by atoms with Crippen LogP contribution in [0.4, 0.5) is 11.4 Å². The summed E-state index contributed by atoms with van der Waals surface area (Å²) in [7, 11) is 0. The van der Waals surface area contributed by atoms with Crippen LogP contribution in [0.2, 0.25) is 0 Å². The van der Waals surface area contributed by atoms with Gasteiger partial charge in [0.1, 0.15) is 0 Å². The number of fused-ring (bicyclic) bond motifs is 1. The third-order valence-corrected chi connectivity index (χ3v) is 5.40. The number of anilines is 2. The van der Waals surface area contributed by atoms with Crippen molar-refractivity contribution in [1.82, 2.24) is 14.5 Å². The van der Waals surface area contributed by atoms with E-state index in [1.807, 2.05) is 28.8 Å². The van der Waals surface area contributed by atoms with E-state index >= 15 is 0 Å². The first-order valence-corrected chi connectivity index (χ1v) is 10.1. The Hall–Kier alpha value is -3.39. The van der Waals surface area contributed by atoms with E-state index in [1.165, 1.54) is 6.92 Å². The average molecular weight is 407 g/mol. The molecule has 0 unspecified atom stereocenters. The molecular weight excluding hydrogens is 382 g/mol. The normalized spacial score (nSPS) is 15.2. The molecule has 0 aliphatic carbocycles. The van der Waals surface area contributed by atoms with Crippen molar-refractivity contribution in [3.63, 3.8) is 0 Å². The molecule has 4 rings (SSSR count). The minimum absolute atomic E-state index is 0.0740. The van der Waals surface area contributed by atoms with Crippen LogP contribution in [0, 0.1) is 0 Å². The average Bonchev–Trinajstić information content (AvgIpc) is 3.05. The Kier molecular flexibility index (Phi) is 5.67. The van der Waals surface area contributed by atoms with E-state index in [2.05, 4.69) is 20.5 Å². The molecule has 8 heteroatoms. The number of H-pyrrole nitrogens is 1. The van der Waals surface area contributed by atoms with Gasteiger partial charge >= 0.3 is 5.69 Å². The van der Waals surface area contributed by atoms with Crippen LogP contribution in [-0.4, -0.2) is 45.9 Å².